The number of methoxy groups -OCH3 is 1. The molecule has 0 aliphatic heterocycles. The summed E-state index contributed by atoms with van der Waals surface area (Å²) in [6, 6.07) is 11.3. The second-order valence-electron chi connectivity index (χ2n) is 4.20. The molecule has 0 saturated carbocycles. The highest BCUT2D eigenvalue weighted by Gasteiger charge is 2.17. The highest BCUT2D eigenvalue weighted by Crippen LogP contribution is 2.37. The second kappa shape index (κ2) is 6.96. The molecule has 2 aromatic carbocycles. The van der Waals surface area contributed by atoms with Gasteiger partial charge in [0.2, 0.25) is 0 Å². The van der Waals surface area contributed by atoms with Crippen molar-refractivity contribution in [2.75, 3.05) is 7.11 Å². The third kappa shape index (κ3) is 3.99. The topological polar surface area (TPSA) is 18.5 Å². The summed E-state index contributed by atoms with van der Waals surface area (Å²) in [7, 11) is 1.52. The fourth-order valence-electron chi connectivity index (χ4n) is 1.93. The summed E-state index contributed by atoms with van der Waals surface area (Å²) in [4.78, 5) is 0. The molecule has 0 aliphatic carbocycles. The van der Waals surface area contributed by atoms with Gasteiger partial charge in [0.05, 0.1) is 12.5 Å². The number of alkyl halides is 3. The Balaban J connectivity index is 2.35. The Bertz CT molecular complexity index is 620. The lowest BCUT2D eigenvalue weighted by Crippen LogP contribution is -2.03. The monoisotopic (exact) mass is 332 g/mol. The number of hydrogen-bond acceptors (Lipinski definition) is 2. The molecule has 2 rings (SSSR count). The van der Waals surface area contributed by atoms with E-state index in [1.807, 2.05) is 0 Å². The number of rotatable bonds is 5. The van der Waals surface area contributed by atoms with Crippen LogP contribution in [0.5, 0.6) is 11.5 Å². The van der Waals surface area contributed by atoms with Gasteiger partial charge < -0.3 is 9.47 Å². The molecule has 112 valence electrons. The minimum atomic E-state index is -2.88. The van der Waals surface area contributed by atoms with Crippen molar-refractivity contribution in [2.24, 2.45) is 0 Å². The molecule has 0 aromatic heterocycles. The van der Waals surface area contributed by atoms with Gasteiger partial charge in [-0.1, -0.05) is 23.7 Å². The molecule has 0 saturated heterocycles. The van der Waals surface area contributed by atoms with Gasteiger partial charge in [0.15, 0.2) is 0 Å². The van der Waals surface area contributed by atoms with Crippen molar-refractivity contribution in [3.8, 4) is 11.5 Å². The van der Waals surface area contributed by atoms with Gasteiger partial charge >= 0.3 is 6.61 Å². The van der Waals surface area contributed by atoms with Crippen LogP contribution in [0.4, 0.5) is 8.78 Å². The van der Waals surface area contributed by atoms with E-state index in [4.69, 9.17) is 27.9 Å². The van der Waals surface area contributed by atoms with E-state index in [-0.39, 0.29) is 5.75 Å². The van der Waals surface area contributed by atoms with Crippen LogP contribution in [0.15, 0.2) is 42.5 Å². The Hall–Kier alpha value is -1.52. The molecule has 0 spiro atoms. The van der Waals surface area contributed by atoms with E-state index >= 15 is 0 Å². The van der Waals surface area contributed by atoms with Gasteiger partial charge in [-0.3, -0.25) is 0 Å². The van der Waals surface area contributed by atoms with Gasteiger partial charge in [0.25, 0.3) is 0 Å². The molecular weight excluding hydrogens is 321 g/mol. The lowest BCUT2D eigenvalue weighted by molar-refractivity contribution is -0.0498. The van der Waals surface area contributed by atoms with Gasteiger partial charge in [-0.05, 0) is 35.9 Å². The highest BCUT2D eigenvalue weighted by molar-refractivity contribution is 6.31. The molecule has 0 N–H and O–H groups in total. The maximum atomic E-state index is 12.3. The smallest absolute Gasteiger partial charge is 0.387 e. The minimum Gasteiger partial charge on any atom is -0.496 e. The molecule has 21 heavy (non-hydrogen) atoms. The summed E-state index contributed by atoms with van der Waals surface area (Å²) in [6.45, 7) is -2.88. The SMILES string of the molecule is COc1ccc(Cl)cc1C(Cl)c1cccc(OC(F)F)c1. The van der Waals surface area contributed by atoms with E-state index in [0.29, 0.717) is 21.9 Å². The second-order valence-corrected chi connectivity index (χ2v) is 5.07. The molecule has 0 heterocycles. The van der Waals surface area contributed by atoms with Crippen molar-refractivity contribution in [3.63, 3.8) is 0 Å². The molecule has 6 heteroatoms. The Kier molecular flexibility index (Phi) is 5.26. The van der Waals surface area contributed by atoms with Crippen LogP contribution >= 0.6 is 23.2 Å². The first kappa shape index (κ1) is 15.9. The van der Waals surface area contributed by atoms with Crippen LogP contribution < -0.4 is 9.47 Å². The third-order valence-corrected chi connectivity index (χ3v) is 3.56. The standard InChI is InChI=1S/C15H12Cl2F2O2/c1-20-13-6-5-10(16)8-12(13)14(17)9-3-2-4-11(7-9)21-15(18)19/h2-8,14-15H,1H3. The predicted octanol–water partition coefficient (Wildman–Crippen LogP) is 5.28. The van der Waals surface area contributed by atoms with Crippen molar-refractivity contribution >= 4 is 23.2 Å². The van der Waals surface area contributed by atoms with Crippen LogP contribution in [0.3, 0.4) is 0 Å². The number of halogens is 4. The maximum Gasteiger partial charge on any atom is 0.387 e. The first-order chi connectivity index (χ1) is 10.0. The van der Waals surface area contributed by atoms with Crippen LogP contribution in [0.25, 0.3) is 0 Å². The zero-order valence-electron chi connectivity index (χ0n) is 11.0. The van der Waals surface area contributed by atoms with Crippen LogP contribution in [0.2, 0.25) is 5.02 Å². The summed E-state index contributed by atoms with van der Waals surface area (Å²) in [6.07, 6.45) is 0. The van der Waals surface area contributed by atoms with E-state index in [1.165, 1.54) is 19.2 Å². The number of benzene rings is 2. The molecule has 0 bridgehead atoms. The molecule has 2 aromatic rings. The van der Waals surface area contributed by atoms with Gasteiger partial charge in [-0.2, -0.15) is 8.78 Å². The first-order valence-electron chi connectivity index (χ1n) is 6.03. The van der Waals surface area contributed by atoms with Gasteiger partial charge in [-0.25, -0.2) is 0 Å². The van der Waals surface area contributed by atoms with Crippen molar-refractivity contribution in [1.82, 2.24) is 0 Å². The van der Waals surface area contributed by atoms with Crippen molar-refractivity contribution in [2.45, 2.75) is 12.0 Å². The molecule has 1 atom stereocenters. The normalized spacial score (nSPS) is 12.3. The number of ether oxygens (including phenoxy) is 2. The van der Waals surface area contributed by atoms with Crippen LogP contribution in [0, 0.1) is 0 Å². The van der Waals surface area contributed by atoms with Gasteiger partial charge in [0.1, 0.15) is 11.5 Å². The van der Waals surface area contributed by atoms with E-state index in [1.54, 1.807) is 30.3 Å². The third-order valence-electron chi connectivity index (χ3n) is 2.84. The van der Waals surface area contributed by atoms with Gasteiger partial charge in [0, 0.05) is 10.6 Å². The Morgan fingerprint density at radius 2 is 1.86 bits per heavy atom. The fourth-order valence-corrected chi connectivity index (χ4v) is 2.42. The van der Waals surface area contributed by atoms with Gasteiger partial charge in [-0.15, -0.1) is 11.6 Å². The molecule has 0 aliphatic rings. The Morgan fingerprint density at radius 1 is 1.10 bits per heavy atom. The van der Waals surface area contributed by atoms with Crippen molar-refractivity contribution in [3.05, 3.63) is 58.6 Å². The van der Waals surface area contributed by atoms with Crippen molar-refractivity contribution in [1.29, 1.82) is 0 Å². The van der Waals surface area contributed by atoms with E-state index < -0.39 is 12.0 Å². The molecule has 0 amide bonds. The average molecular weight is 333 g/mol. The first-order valence-corrected chi connectivity index (χ1v) is 6.85. The van der Waals surface area contributed by atoms with Crippen molar-refractivity contribution < 1.29 is 18.3 Å². The predicted molar refractivity (Wildman–Crippen MR) is 78.8 cm³/mol. The summed E-state index contributed by atoms with van der Waals surface area (Å²) >= 11 is 12.4. The lowest BCUT2D eigenvalue weighted by atomic mass is 10.0. The summed E-state index contributed by atoms with van der Waals surface area (Å²) in [5.74, 6) is 0.619. The van der Waals surface area contributed by atoms with Crippen LogP contribution in [0.1, 0.15) is 16.5 Å². The lowest BCUT2D eigenvalue weighted by Gasteiger charge is -2.15. The fraction of sp³-hybridized carbons (Fsp3) is 0.200. The highest BCUT2D eigenvalue weighted by atomic mass is 35.5. The molecule has 2 nitrogen and oxygen atoms in total. The van der Waals surface area contributed by atoms with E-state index in [2.05, 4.69) is 4.74 Å². The van der Waals surface area contributed by atoms with Crippen LogP contribution in [-0.4, -0.2) is 13.7 Å². The van der Waals surface area contributed by atoms with Crippen LogP contribution in [-0.2, 0) is 0 Å². The summed E-state index contributed by atoms with van der Waals surface area (Å²) < 4.78 is 34.1. The largest absolute Gasteiger partial charge is 0.496 e. The average Bonchev–Trinajstić information content (AvgIpc) is 2.46. The zero-order valence-corrected chi connectivity index (χ0v) is 12.5. The summed E-state index contributed by atoms with van der Waals surface area (Å²) in [5.41, 5.74) is 1.26. The zero-order chi connectivity index (χ0) is 15.4. The molecular formula is C15H12Cl2F2O2. The quantitative estimate of drug-likeness (QED) is 0.693. The maximum absolute atomic E-state index is 12.3. The van der Waals surface area contributed by atoms with E-state index in [0.717, 1.165) is 0 Å². The Morgan fingerprint density at radius 3 is 2.52 bits per heavy atom. The molecule has 0 radical (unpaired) electrons. The van der Waals surface area contributed by atoms with E-state index in [9.17, 15) is 8.78 Å². The summed E-state index contributed by atoms with van der Waals surface area (Å²) in [5, 5.41) is -0.0868. The molecule has 1 unspecified atom stereocenters. The minimum absolute atomic E-state index is 0.0501. The number of hydrogen-bond donors (Lipinski definition) is 0. The Labute approximate surface area is 131 Å². The molecule has 0 fully saturated rings.